The predicted molar refractivity (Wildman–Crippen MR) is 83.6 cm³/mol. The van der Waals surface area contributed by atoms with E-state index in [1.54, 1.807) is 23.5 Å². The molecule has 1 atom stereocenters. The second kappa shape index (κ2) is 7.18. The van der Waals surface area contributed by atoms with Gasteiger partial charge in [-0.3, -0.25) is 0 Å². The number of nitrogens with two attached hydrogens (primary N) is 1. The third-order valence-electron chi connectivity index (χ3n) is 3.17. The van der Waals surface area contributed by atoms with E-state index < -0.39 is 0 Å². The van der Waals surface area contributed by atoms with Crippen LogP contribution in [0.3, 0.4) is 0 Å². The first-order valence-corrected chi connectivity index (χ1v) is 7.68. The van der Waals surface area contributed by atoms with E-state index in [4.69, 9.17) is 17.3 Å². The molecule has 0 saturated heterocycles. The van der Waals surface area contributed by atoms with Crippen LogP contribution in [0.1, 0.15) is 22.9 Å². The van der Waals surface area contributed by atoms with Crippen LogP contribution in [-0.2, 0) is 6.54 Å². The Labute approximate surface area is 128 Å². The molecule has 0 spiro atoms. The van der Waals surface area contributed by atoms with Gasteiger partial charge in [0, 0.05) is 24.0 Å². The molecule has 0 aliphatic heterocycles. The largest absolute Gasteiger partial charge is 0.324 e. The molecule has 2 aromatic rings. The summed E-state index contributed by atoms with van der Waals surface area (Å²) >= 11 is 7.51. The van der Waals surface area contributed by atoms with E-state index in [-0.39, 0.29) is 11.9 Å². The monoisotopic (exact) mass is 312 g/mol. The van der Waals surface area contributed by atoms with Gasteiger partial charge in [-0.1, -0.05) is 23.7 Å². The molecule has 0 aliphatic carbocycles. The molecule has 0 radical (unpaired) electrons. The molecular formula is C15H18ClFN2S. The maximum atomic E-state index is 12.8. The van der Waals surface area contributed by atoms with Gasteiger partial charge in [-0.15, -0.1) is 11.3 Å². The number of nitrogens with zero attached hydrogens (tertiary/aromatic N) is 1. The number of thiophene rings is 1. The van der Waals surface area contributed by atoms with Gasteiger partial charge in [0.1, 0.15) is 5.82 Å². The molecule has 2 nitrogen and oxygen atoms in total. The fourth-order valence-electron chi connectivity index (χ4n) is 2.02. The molecule has 0 saturated carbocycles. The maximum absolute atomic E-state index is 12.8. The second-order valence-electron chi connectivity index (χ2n) is 4.89. The average Bonchev–Trinajstić information content (AvgIpc) is 2.82. The van der Waals surface area contributed by atoms with Gasteiger partial charge in [-0.2, -0.15) is 0 Å². The number of halogens is 2. The number of rotatable bonds is 6. The minimum absolute atomic E-state index is 0.0648. The highest BCUT2D eigenvalue weighted by molar-refractivity contribution is 7.16. The molecule has 0 bridgehead atoms. The fourth-order valence-corrected chi connectivity index (χ4v) is 3.19. The van der Waals surface area contributed by atoms with E-state index in [2.05, 4.69) is 11.9 Å². The van der Waals surface area contributed by atoms with E-state index >= 15 is 0 Å². The van der Waals surface area contributed by atoms with Gasteiger partial charge < -0.3 is 10.6 Å². The lowest BCUT2D eigenvalue weighted by molar-refractivity contribution is 0.314. The van der Waals surface area contributed by atoms with Crippen LogP contribution in [0.15, 0.2) is 36.4 Å². The Morgan fingerprint density at radius 3 is 2.55 bits per heavy atom. The van der Waals surface area contributed by atoms with Crippen molar-refractivity contribution in [1.82, 2.24) is 4.90 Å². The molecule has 0 aliphatic rings. The smallest absolute Gasteiger partial charge is 0.123 e. The Morgan fingerprint density at radius 2 is 1.95 bits per heavy atom. The quantitative estimate of drug-likeness (QED) is 0.871. The van der Waals surface area contributed by atoms with Gasteiger partial charge >= 0.3 is 0 Å². The van der Waals surface area contributed by atoms with Gasteiger partial charge in [0.15, 0.2) is 0 Å². The molecule has 0 amide bonds. The molecule has 1 aromatic carbocycles. The van der Waals surface area contributed by atoms with Gasteiger partial charge in [-0.05, 0) is 43.3 Å². The molecule has 5 heteroatoms. The summed E-state index contributed by atoms with van der Waals surface area (Å²) in [6.45, 7) is 1.75. The summed E-state index contributed by atoms with van der Waals surface area (Å²) in [5, 5.41) is 0. The lowest BCUT2D eigenvalue weighted by Gasteiger charge is -2.19. The Balaban J connectivity index is 1.80. The van der Waals surface area contributed by atoms with Crippen LogP contribution in [-0.4, -0.2) is 18.5 Å². The normalized spacial score (nSPS) is 12.8. The van der Waals surface area contributed by atoms with E-state index in [9.17, 15) is 4.39 Å². The minimum atomic E-state index is -0.229. The van der Waals surface area contributed by atoms with Crippen molar-refractivity contribution in [3.63, 3.8) is 0 Å². The van der Waals surface area contributed by atoms with Crippen molar-refractivity contribution in [2.75, 3.05) is 13.6 Å². The molecule has 1 aromatic heterocycles. The lowest BCUT2D eigenvalue weighted by Crippen LogP contribution is -2.23. The zero-order valence-electron chi connectivity index (χ0n) is 11.4. The van der Waals surface area contributed by atoms with Crippen molar-refractivity contribution in [1.29, 1.82) is 0 Å². The van der Waals surface area contributed by atoms with Crippen molar-refractivity contribution < 1.29 is 4.39 Å². The first-order chi connectivity index (χ1) is 9.54. The number of benzene rings is 1. The summed E-state index contributed by atoms with van der Waals surface area (Å²) in [5.74, 6) is -0.229. The van der Waals surface area contributed by atoms with Crippen LogP contribution in [0.5, 0.6) is 0 Å². The Hall–Kier alpha value is -0.940. The molecule has 0 fully saturated rings. The lowest BCUT2D eigenvalue weighted by atomic mass is 10.0. The van der Waals surface area contributed by atoms with Crippen molar-refractivity contribution in [2.45, 2.75) is 19.0 Å². The molecule has 20 heavy (non-hydrogen) atoms. The van der Waals surface area contributed by atoms with Gasteiger partial charge in [0.25, 0.3) is 0 Å². The molecular weight excluding hydrogens is 295 g/mol. The zero-order chi connectivity index (χ0) is 14.5. The first-order valence-electron chi connectivity index (χ1n) is 6.48. The Bertz CT molecular complexity index is 541. The third kappa shape index (κ3) is 4.56. The van der Waals surface area contributed by atoms with Crippen LogP contribution in [0.4, 0.5) is 4.39 Å². The number of hydrogen-bond donors (Lipinski definition) is 1. The van der Waals surface area contributed by atoms with Crippen molar-refractivity contribution in [3.8, 4) is 0 Å². The minimum Gasteiger partial charge on any atom is -0.324 e. The van der Waals surface area contributed by atoms with Gasteiger partial charge in [-0.25, -0.2) is 4.39 Å². The zero-order valence-corrected chi connectivity index (χ0v) is 12.9. The van der Waals surface area contributed by atoms with E-state index in [1.165, 1.54) is 17.0 Å². The molecule has 2 rings (SSSR count). The molecule has 1 unspecified atom stereocenters. The fraction of sp³-hybridized carbons (Fsp3) is 0.333. The molecule has 108 valence electrons. The summed E-state index contributed by atoms with van der Waals surface area (Å²) < 4.78 is 13.7. The summed E-state index contributed by atoms with van der Waals surface area (Å²) in [6, 6.07) is 10.3. The Morgan fingerprint density at radius 1 is 1.25 bits per heavy atom. The second-order valence-corrected chi connectivity index (χ2v) is 6.69. The van der Waals surface area contributed by atoms with Gasteiger partial charge in [0.2, 0.25) is 0 Å². The summed E-state index contributed by atoms with van der Waals surface area (Å²) in [4.78, 5) is 3.46. The van der Waals surface area contributed by atoms with Gasteiger partial charge in [0.05, 0.1) is 4.34 Å². The van der Waals surface area contributed by atoms with E-state index in [1.807, 2.05) is 12.1 Å². The van der Waals surface area contributed by atoms with Crippen molar-refractivity contribution >= 4 is 22.9 Å². The van der Waals surface area contributed by atoms with Crippen LogP contribution >= 0.6 is 22.9 Å². The van der Waals surface area contributed by atoms with Crippen LogP contribution < -0.4 is 5.73 Å². The van der Waals surface area contributed by atoms with Crippen LogP contribution in [0.2, 0.25) is 4.34 Å². The maximum Gasteiger partial charge on any atom is 0.123 e. The highest BCUT2D eigenvalue weighted by atomic mass is 35.5. The molecule has 1 heterocycles. The van der Waals surface area contributed by atoms with Crippen molar-refractivity contribution in [3.05, 3.63) is 57.0 Å². The summed E-state index contributed by atoms with van der Waals surface area (Å²) in [6.07, 6.45) is 0.835. The molecule has 2 N–H and O–H groups in total. The third-order valence-corrected chi connectivity index (χ3v) is 4.39. The summed E-state index contributed by atoms with van der Waals surface area (Å²) in [7, 11) is 2.06. The van der Waals surface area contributed by atoms with Crippen molar-refractivity contribution in [2.24, 2.45) is 5.73 Å². The van der Waals surface area contributed by atoms with Crippen LogP contribution in [0, 0.1) is 5.82 Å². The highest BCUT2D eigenvalue weighted by Crippen LogP contribution is 2.22. The van der Waals surface area contributed by atoms with Crippen LogP contribution in [0.25, 0.3) is 0 Å². The summed E-state index contributed by atoms with van der Waals surface area (Å²) in [5.41, 5.74) is 7.09. The topological polar surface area (TPSA) is 29.3 Å². The Kier molecular flexibility index (Phi) is 5.54. The van der Waals surface area contributed by atoms with E-state index in [0.717, 1.165) is 29.4 Å². The number of hydrogen-bond acceptors (Lipinski definition) is 3. The van der Waals surface area contributed by atoms with E-state index in [0.29, 0.717) is 0 Å². The first kappa shape index (κ1) is 15.4. The standard InChI is InChI=1S/C15H18ClFN2S/c1-19(10-13-6-7-15(16)20-13)9-8-14(18)11-2-4-12(17)5-3-11/h2-7,14H,8-10,18H2,1H3. The highest BCUT2D eigenvalue weighted by Gasteiger charge is 2.09. The predicted octanol–water partition coefficient (Wildman–Crippen LogP) is 4.06. The average molecular weight is 313 g/mol. The SMILES string of the molecule is CN(CCC(N)c1ccc(F)cc1)Cc1ccc(Cl)s1.